The molecule has 1 atom stereocenters. The van der Waals surface area contributed by atoms with Crippen LogP contribution in [-0.4, -0.2) is 27.2 Å². The molecule has 1 aromatic carbocycles. The van der Waals surface area contributed by atoms with Gasteiger partial charge in [-0.05, 0) is 50.2 Å². The van der Waals surface area contributed by atoms with Gasteiger partial charge in [0.15, 0.2) is 0 Å². The summed E-state index contributed by atoms with van der Waals surface area (Å²) < 4.78 is 8.47. The first-order valence-electron chi connectivity index (χ1n) is 8.29. The fraction of sp³-hybridized carbons (Fsp3) is 0.211. The average molecular weight is 366 g/mol. The van der Waals surface area contributed by atoms with Crippen LogP contribution in [0.1, 0.15) is 33.5 Å². The van der Waals surface area contributed by atoms with Crippen LogP contribution in [0.15, 0.2) is 52.6 Å². The summed E-state index contributed by atoms with van der Waals surface area (Å²) >= 11 is 1.52. The molecule has 0 aliphatic rings. The molecule has 3 aromatic heterocycles. The average Bonchev–Trinajstić information content (AvgIpc) is 3.36. The van der Waals surface area contributed by atoms with Gasteiger partial charge in [-0.2, -0.15) is 5.10 Å². The first kappa shape index (κ1) is 16.5. The number of nitrogens with zero attached hydrogens (tertiary/aromatic N) is 3. The van der Waals surface area contributed by atoms with E-state index in [9.17, 15) is 4.79 Å². The predicted octanol–water partition coefficient (Wildman–Crippen LogP) is 3.72. The molecule has 0 aliphatic heterocycles. The highest BCUT2D eigenvalue weighted by Gasteiger charge is 2.21. The Hall–Kier alpha value is -2.93. The lowest BCUT2D eigenvalue weighted by Crippen LogP contribution is -2.32. The maximum Gasteiger partial charge on any atom is 0.251 e. The van der Waals surface area contributed by atoms with E-state index in [1.165, 1.54) is 11.3 Å². The van der Waals surface area contributed by atoms with Gasteiger partial charge in [-0.3, -0.25) is 9.48 Å². The van der Waals surface area contributed by atoms with E-state index in [2.05, 4.69) is 15.4 Å². The van der Waals surface area contributed by atoms with Crippen molar-refractivity contribution >= 4 is 27.5 Å². The van der Waals surface area contributed by atoms with Crippen LogP contribution in [0.5, 0.6) is 0 Å². The zero-order valence-corrected chi connectivity index (χ0v) is 15.3. The highest BCUT2D eigenvalue weighted by atomic mass is 32.1. The molecule has 132 valence electrons. The highest BCUT2D eigenvalue weighted by Crippen LogP contribution is 2.21. The van der Waals surface area contributed by atoms with Gasteiger partial charge in [0.25, 0.3) is 5.91 Å². The van der Waals surface area contributed by atoms with E-state index in [-0.39, 0.29) is 11.9 Å². The Morgan fingerprint density at radius 1 is 1.31 bits per heavy atom. The van der Waals surface area contributed by atoms with Crippen molar-refractivity contribution in [2.24, 2.45) is 0 Å². The van der Waals surface area contributed by atoms with Crippen molar-refractivity contribution in [1.82, 2.24) is 20.1 Å². The molecular weight excluding hydrogens is 348 g/mol. The van der Waals surface area contributed by atoms with Gasteiger partial charge in [-0.1, -0.05) is 0 Å². The van der Waals surface area contributed by atoms with E-state index < -0.39 is 0 Å². The van der Waals surface area contributed by atoms with Crippen molar-refractivity contribution in [2.45, 2.75) is 19.9 Å². The number of hydrogen-bond acceptors (Lipinski definition) is 5. The zero-order chi connectivity index (χ0) is 18.1. The number of thiazole rings is 1. The molecule has 1 amide bonds. The normalized spacial score (nSPS) is 12.4. The van der Waals surface area contributed by atoms with Gasteiger partial charge in [-0.15, -0.1) is 11.3 Å². The molecule has 0 fully saturated rings. The van der Waals surface area contributed by atoms with Gasteiger partial charge >= 0.3 is 0 Å². The minimum atomic E-state index is -0.199. The van der Waals surface area contributed by atoms with Crippen molar-refractivity contribution in [3.05, 3.63) is 70.9 Å². The number of benzene rings is 1. The standard InChI is InChI=1S/C19H18N4O2S/c1-12-8-13(2)23(22-12)16(17-4-3-7-25-17)10-20-19(24)14-5-6-15-18(9-14)26-11-21-15/h3-9,11,16H,10H2,1-2H3,(H,20,24)/t16-/m0/s1. The van der Waals surface area contributed by atoms with Crippen LogP contribution >= 0.6 is 11.3 Å². The summed E-state index contributed by atoms with van der Waals surface area (Å²) in [4.78, 5) is 16.9. The number of carbonyl (C=O) groups excluding carboxylic acids is 1. The van der Waals surface area contributed by atoms with Gasteiger partial charge in [0.1, 0.15) is 11.8 Å². The van der Waals surface area contributed by atoms with E-state index in [0.717, 1.165) is 27.4 Å². The minimum Gasteiger partial charge on any atom is -0.467 e. The summed E-state index contributed by atoms with van der Waals surface area (Å²) in [6.07, 6.45) is 1.63. The van der Waals surface area contributed by atoms with Crippen molar-refractivity contribution < 1.29 is 9.21 Å². The summed E-state index contributed by atoms with van der Waals surface area (Å²) in [6.45, 7) is 4.33. The molecular formula is C19H18N4O2S. The van der Waals surface area contributed by atoms with Gasteiger partial charge in [-0.25, -0.2) is 4.98 Å². The molecule has 26 heavy (non-hydrogen) atoms. The first-order valence-corrected chi connectivity index (χ1v) is 9.17. The largest absolute Gasteiger partial charge is 0.467 e. The summed E-state index contributed by atoms with van der Waals surface area (Å²) in [6, 6.07) is 11.1. The Balaban J connectivity index is 1.56. The predicted molar refractivity (Wildman–Crippen MR) is 101 cm³/mol. The Morgan fingerprint density at radius 3 is 2.92 bits per heavy atom. The Morgan fingerprint density at radius 2 is 2.19 bits per heavy atom. The SMILES string of the molecule is Cc1cc(C)n([C@@H](CNC(=O)c2ccc3ncsc3c2)c2ccco2)n1. The summed E-state index contributed by atoms with van der Waals surface area (Å²) in [5, 5.41) is 7.55. The van der Waals surface area contributed by atoms with Crippen LogP contribution in [-0.2, 0) is 0 Å². The summed E-state index contributed by atoms with van der Waals surface area (Å²) in [5.74, 6) is 0.632. The van der Waals surface area contributed by atoms with E-state index >= 15 is 0 Å². The van der Waals surface area contributed by atoms with Crippen LogP contribution in [0.4, 0.5) is 0 Å². The molecule has 7 heteroatoms. The molecule has 1 N–H and O–H groups in total. The van der Waals surface area contributed by atoms with E-state index in [1.54, 1.807) is 17.8 Å². The highest BCUT2D eigenvalue weighted by molar-refractivity contribution is 7.16. The maximum atomic E-state index is 12.6. The second-order valence-corrected chi connectivity index (χ2v) is 7.03. The number of fused-ring (bicyclic) bond motifs is 1. The third-order valence-corrected chi connectivity index (χ3v) is 5.05. The number of aryl methyl sites for hydroxylation is 2. The van der Waals surface area contributed by atoms with Crippen molar-refractivity contribution in [3.63, 3.8) is 0 Å². The number of nitrogens with one attached hydrogen (secondary N) is 1. The molecule has 0 aliphatic carbocycles. The molecule has 0 saturated heterocycles. The molecule has 0 spiro atoms. The molecule has 0 bridgehead atoms. The lowest BCUT2D eigenvalue weighted by atomic mass is 10.1. The first-order chi connectivity index (χ1) is 12.6. The van der Waals surface area contributed by atoms with Crippen molar-refractivity contribution in [3.8, 4) is 0 Å². The molecule has 0 saturated carbocycles. The Kier molecular flexibility index (Phi) is 4.30. The fourth-order valence-corrected chi connectivity index (χ4v) is 3.75. The lowest BCUT2D eigenvalue weighted by Gasteiger charge is -2.18. The van der Waals surface area contributed by atoms with E-state index in [4.69, 9.17) is 4.42 Å². The van der Waals surface area contributed by atoms with Gasteiger partial charge < -0.3 is 9.73 Å². The molecule has 6 nitrogen and oxygen atoms in total. The van der Waals surface area contributed by atoms with Crippen LogP contribution in [0.2, 0.25) is 0 Å². The number of amides is 1. The second kappa shape index (κ2) is 6.76. The fourth-order valence-electron chi connectivity index (χ4n) is 3.04. The number of hydrogen-bond donors (Lipinski definition) is 1. The smallest absolute Gasteiger partial charge is 0.251 e. The molecule has 0 radical (unpaired) electrons. The summed E-state index contributed by atoms with van der Waals surface area (Å²) in [5.41, 5.74) is 5.25. The lowest BCUT2D eigenvalue weighted by molar-refractivity contribution is 0.0948. The Labute approximate surface area is 154 Å². The molecule has 4 rings (SSSR count). The van der Waals surface area contributed by atoms with E-state index in [1.807, 2.05) is 48.9 Å². The molecule has 4 aromatic rings. The Bertz CT molecular complexity index is 1050. The monoisotopic (exact) mass is 366 g/mol. The quantitative estimate of drug-likeness (QED) is 0.584. The molecule has 0 unspecified atom stereocenters. The second-order valence-electron chi connectivity index (χ2n) is 6.15. The number of rotatable bonds is 5. The van der Waals surface area contributed by atoms with Crippen LogP contribution in [0.3, 0.4) is 0 Å². The minimum absolute atomic E-state index is 0.126. The molecule has 3 heterocycles. The number of carbonyl (C=O) groups is 1. The maximum absolute atomic E-state index is 12.6. The van der Waals surface area contributed by atoms with Gasteiger partial charge in [0.2, 0.25) is 0 Å². The third kappa shape index (κ3) is 3.13. The van der Waals surface area contributed by atoms with Gasteiger partial charge in [0, 0.05) is 17.8 Å². The van der Waals surface area contributed by atoms with Crippen LogP contribution in [0.25, 0.3) is 10.2 Å². The van der Waals surface area contributed by atoms with Crippen molar-refractivity contribution in [2.75, 3.05) is 6.54 Å². The van der Waals surface area contributed by atoms with Gasteiger partial charge in [0.05, 0.1) is 27.7 Å². The topological polar surface area (TPSA) is 73.0 Å². The van der Waals surface area contributed by atoms with Crippen LogP contribution in [0, 0.1) is 13.8 Å². The summed E-state index contributed by atoms with van der Waals surface area (Å²) in [7, 11) is 0. The third-order valence-electron chi connectivity index (χ3n) is 4.26. The van der Waals surface area contributed by atoms with Crippen molar-refractivity contribution in [1.29, 1.82) is 0 Å². The number of aromatic nitrogens is 3. The number of furan rings is 1. The zero-order valence-electron chi connectivity index (χ0n) is 14.5. The van der Waals surface area contributed by atoms with Crippen LogP contribution < -0.4 is 5.32 Å². The van der Waals surface area contributed by atoms with E-state index in [0.29, 0.717) is 12.1 Å².